The van der Waals surface area contributed by atoms with Crippen LogP contribution in [0.15, 0.2) is 52.4 Å². The number of nitrogens with zero attached hydrogens (tertiary/aromatic N) is 3. The first-order valence-corrected chi connectivity index (χ1v) is 12.2. The molecule has 186 valence electrons. The van der Waals surface area contributed by atoms with Gasteiger partial charge < -0.3 is 30.7 Å². The maximum Gasteiger partial charge on any atom is 0.194 e. The average molecular weight is 478 g/mol. The molecule has 9 heteroatoms. The van der Waals surface area contributed by atoms with Crippen molar-refractivity contribution >= 4 is 17.5 Å². The van der Waals surface area contributed by atoms with Crippen molar-refractivity contribution in [1.29, 1.82) is 0 Å². The Hall–Kier alpha value is -3.46. The summed E-state index contributed by atoms with van der Waals surface area (Å²) in [4.78, 5) is 12.0. The van der Waals surface area contributed by atoms with Gasteiger partial charge in [-0.1, -0.05) is 30.3 Å². The highest BCUT2D eigenvalue weighted by atomic mass is 16.5. The Morgan fingerprint density at radius 1 is 1.09 bits per heavy atom. The number of guanidine groups is 1. The summed E-state index contributed by atoms with van der Waals surface area (Å²) in [6.45, 7) is 3.64. The van der Waals surface area contributed by atoms with Gasteiger partial charge in [0.05, 0.1) is 26.5 Å². The molecule has 0 aromatic heterocycles. The SMILES string of the molecule is CNC1(CC2(c3ccccc3)CCN(C3=NCCN3)CC2)N=C(N)c2cc(OC)c(OC)cc2N1. The molecule has 3 heterocycles. The van der Waals surface area contributed by atoms with E-state index in [9.17, 15) is 0 Å². The van der Waals surface area contributed by atoms with Gasteiger partial charge >= 0.3 is 0 Å². The largest absolute Gasteiger partial charge is 0.493 e. The smallest absolute Gasteiger partial charge is 0.194 e. The lowest BCUT2D eigenvalue weighted by atomic mass is 9.68. The van der Waals surface area contributed by atoms with E-state index >= 15 is 0 Å². The predicted molar refractivity (Wildman–Crippen MR) is 140 cm³/mol. The lowest BCUT2D eigenvalue weighted by Crippen LogP contribution is -2.58. The second-order valence-corrected chi connectivity index (χ2v) is 9.43. The zero-order valence-electron chi connectivity index (χ0n) is 20.7. The van der Waals surface area contributed by atoms with Crippen LogP contribution >= 0.6 is 0 Å². The van der Waals surface area contributed by atoms with Crippen LogP contribution < -0.4 is 31.2 Å². The zero-order valence-corrected chi connectivity index (χ0v) is 20.7. The van der Waals surface area contributed by atoms with Crippen LogP contribution in [0.3, 0.4) is 0 Å². The van der Waals surface area contributed by atoms with Crippen LogP contribution in [0.2, 0.25) is 0 Å². The molecule has 0 spiro atoms. The van der Waals surface area contributed by atoms with Gasteiger partial charge in [-0.25, -0.2) is 4.99 Å². The summed E-state index contributed by atoms with van der Waals surface area (Å²) in [7, 11) is 5.19. The van der Waals surface area contributed by atoms with E-state index in [1.165, 1.54) is 5.56 Å². The van der Waals surface area contributed by atoms with E-state index < -0.39 is 5.79 Å². The van der Waals surface area contributed by atoms with Gasteiger partial charge in [-0.05, 0) is 31.5 Å². The summed E-state index contributed by atoms with van der Waals surface area (Å²) in [6, 6.07) is 14.6. The van der Waals surface area contributed by atoms with E-state index in [1.54, 1.807) is 14.2 Å². The third kappa shape index (κ3) is 4.25. The van der Waals surface area contributed by atoms with Crippen LogP contribution in [0.25, 0.3) is 0 Å². The molecule has 5 rings (SSSR count). The summed E-state index contributed by atoms with van der Waals surface area (Å²) in [5, 5.41) is 10.5. The van der Waals surface area contributed by atoms with E-state index in [4.69, 9.17) is 20.2 Å². The fourth-order valence-electron chi connectivity index (χ4n) is 5.59. The fourth-order valence-corrected chi connectivity index (χ4v) is 5.59. The number of rotatable bonds is 6. The van der Waals surface area contributed by atoms with E-state index in [0.29, 0.717) is 17.3 Å². The van der Waals surface area contributed by atoms with Crippen LogP contribution in [0, 0.1) is 0 Å². The topological polar surface area (TPSA) is 109 Å². The number of methoxy groups -OCH3 is 2. The molecular weight excluding hydrogens is 442 g/mol. The summed E-state index contributed by atoms with van der Waals surface area (Å²) in [5.74, 6) is 2.01. The number of anilines is 1. The Morgan fingerprint density at radius 2 is 1.80 bits per heavy atom. The number of fused-ring (bicyclic) bond motifs is 1. The maximum atomic E-state index is 6.55. The number of amidine groups is 1. The molecule has 0 amide bonds. The van der Waals surface area contributed by atoms with E-state index in [0.717, 1.165) is 62.7 Å². The van der Waals surface area contributed by atoms with Gasteiger partial charge in [0.25, 0.3) is 0 Å². The highest BCUT2D eigenvalue weighted by molar-refractivity contribution is 6.05. The first kappa shape index (κ1) is 23.3. The molecule has 0 bridgehead atoms. The van der Waals surface area contributed by atoms with Crippen molar-refractivity contribution in [2.75, 3.05) is 52.8 Å². The molecule has 0 saturated carbocycles. The minimum absolute atomic E-state index is 0.0925. The number of nitrogens with one attached hydrogen (secondary N) is 3. The van der Waals surface area contributed by atoms with Crippen LogP contribution in [0.5, 0.6) is 11.5 Å². The number of likely N-dealkylation sites (tertiary alicyclic amines) is 1. The molecule has 0 aliphatic carbocycles. The van der Waals surface area contributed by atoms with Gasteiger partial charge in [0.1, 0.15) is 5.84 Å². The highest BCUT2D eigenvalue weighted by Crippen LogP contribution is 2.45. The lowest BCUT2D eigenvalue weighted by molar-refractivity contribution is 0.171. The Balaban J connectivity index is 1.49. The Morgan fingerprint density at radius 3 is 2.43 bits per heavy atom. The molecule has 2 aromatic carbocycles. The van der Waals surface area contributed by atoms with Crippen molar-refractivity contribution in [3.8, 4) is 11.5 Å². The summed E-state index contributed by atoms with van der Waals surface area (Å²) < 4.78 is 11.0. The van der Waals surface area contributed by atoms with Crippen molar-refractivity contribution in [3.63, 3.8) is 0 Å². The van der Waals surface area contributed by atoms with Gasteiger partial charge in [0, 0.05) is 43.1 Å². The number of hydrogen-bond acceptors (Lipinski definition) is 9. The van der Waals surface area contributed by atoms with Crippen molar-refractivity contribution in [1.82, 2.24) is 15.5 Å². The first-order valence-electron chi connectivity index (χ1n) is 12.2. The molecule has 3 aliphatic rings. The van der Waals surface area contributed by atoms with Gasteiger partial charge in [0.15, 0.2) is 23.2 Å². The number of hydrogen-bond donors (Lipinski definition) is 4. The number of ether oxygens (including phenoxy) is 2. The molecular formula is C26H35N7O2. The van der Waals surface area contributed by atoms with E-state index in [-0.39, 0.29) is 5.41 Å². The number of piperidine rings is 1. The Kier molecular flexibility index (Phi) is 6.19. The van der Waals surface area contributed by atoms with E-state index in [1.807, 2.05) is 19.2 Å². The van der Waals surface area contributed by atoms with Crippen LogP contribution in [0.1, 0.15) is 30.4 Å². The minimum atomic E-state index is -0.766. The third-order valence-electron chi connectivity index (χ3n) is 7.52. The van der Waals surface area contributed by atoms with Crippen molar-refractivity contribution in [3.05, 3.63) is 53.6 Å². The Labute approximate surface area is 206 Å². The molecule has 1 saturated heterocycles. The minimum Gasteiger partial charge on any atom is -0.493 e. The lowest BCUT2D eigenvalue weighted by Gasteiger charge is -2.48. The first-order chi connectivity index (χ1) is 17.0. The van der Waals surface area contributed by atoms with Gasteiger partial charge in [-0.3, -0.25) is 10.3 Å². The van der Waals surface area contributed by atoms with Crippen LogP contribution in [-0.2, 0) is 5.41 Å². The molecule has 9 nitrogen and oxygen atoms in total. The van der Waals surface area contributed by atoms with Gasteiger partial charge in [-0.15, -0.1) is 0 Å². The monoisotopic (exact) mass is 477 g/mol. The van der Waals surface area contributed by atoms with E-state index in [2.05, 4.69) is 56.2 Å². The predicted octanol–water partition coefficient (Wildman–Crippen LogP) is 2.09. The number of aliphatic imine (C=N–C) groups is 2. The molecule has 1 unspecified atom stereocenters. The fraction of sp³-hybridized carbons (Fsp3) is 0.462. The molecule has 2 aromatic rings. The van der Waals surface area contributed by atoms with Crippen LogP contribution in [0.4, 0.5) is 5.69 Å². The molecule has 35 heavy (non-hydrogen) atoms. The second kappa shape index (κ2) is 9.30. The molecule has 3 aliphatic heterocycles. The van der Waals surface area contributed by atoms with Gasteiger partial charge in [-0.2, -0.15) is 0 Å². The average Bonchev–Trinajstić information content (AvgIpc) is 3.44. The third-order valence-corrected chi connectivity index (χ3v) is 7.52. The molecule has 0 radical (unpaired) electrons. The zero-order chi connectivity index (χ0) is 24.5. The number of benzene rings is 2. The highest BCUT2D eigenvalue weighted by Gasteiger charge is 2.46. The Bertz CT molecular complexity index is 1130. The quantitative estimate of drug-likeness (QED) is 0.505. The summed E-state index contributed by atoms with van der Waals surface area (Å²) in [5.41, 5.74) is 9.45. The normalized spacial score (nSPS) is 22.9. The summed E-state index contributed by atoms with van der Waals surface area (Å²) in [6.07, 6.45) is 2.71. The van der Waals surface area contributed by atoms with Crippen molar-refractivity contribution < 1.29 is 9.47 Å². The maximum absolute atomic E-state index is 6.55. The molecule has 1 atom stereocenters. The molecule has 1 fully saturated rings. The van der Waals surface area contributed by atoms with Crippen LogP contribution in [-0.4, -0.2) is 69.9 Å². The summed E-state index contributed by atoms with van der Waals surface area (Å²) >= 11 is 0. The second-order valence-electron chi connectivity index (χ2n) is 9.43. The standard InChI is InChI=1S/C26H35N7O2/c1-28-26(31-20-16-22(35-3)21(34-2)15-19(20)23(27)32-26)17-25(18-7-5-4-6-8-18)9-13-33(14-10-25)24-29-11-12-30-24/h4-8,15-16,28,31H,9-14,17H2,1-3H3,(H2,27,32)(H,29,30). The molecule has 5 N–H and O–H groups in total. The van der Waals surface area contributed by atoms with Gasteiger partial charge in [0.2, 0.25) is 0 Å². The van der Waals surface area contributed by atoms with Crippen molar-refractivity contribution in [2.45, 2.75) is 30.5 Å². The van der Waals surface area contributed by atoms with Crippen molar-refractivity contribution in [2.24, 2.45) is 15.7 Å². The number of nitrogens with two attached hydrogens (primary N) is 1.